The molecule has 7 heteroatoms. The molecule has 2 aromatic carbocycles. The lowest BCUT2D eigenvalue weighted by Crippen LogP contribution is -2.50. The number of rotatable bonds is 4. The van der Waals surface area contributed by atoms with Gasteiger partial charge in [0.2, 0.25) is 5.96 Å². The molecule has 1 heterocycles. The predicted octanol–water partition coefficient (Wildman–Crippen LogP) is 2.71. The molecule has 142 valence electrons. The molecule has 1 fully saturated rings. The average Bonchev–Trinajstić information content (AvgIpc) is 2.73. The van der Waals surface area contributed by atoms with E-state index in [2.05, 4.69) is 15.6 Å². The lowest BCUT2D eigenvalue weighted by Gasteiger charge is -2.29. The molecule has 0 atom stereocenters. The van der Waals surface area contributed by atoms with Crippen molar-refractivity contribution in [2.75, 3.05) is 38.7 Å². The second-order valence-electron chi connectivity index (χ2n) is 6.03. The van der Waals surface area contributed by atoms with E-state index in [4.69, 9.17) is 9.47 Å². The van der Waals surface area contributed by atoms with Gasteiger partial charge in [-0.2, -0.15) is 0 Å². The van der Waals surface area contributed by atoms with Crippen LogP contribution in [0.2, 0.25) is 0 Å². The summed E-state index contributed by atoms with van der Waals surface area (Å²) in [7, 11) is 1.60. The van der Waals surface area contributed by atoms with Crippen molar-refractivity contribution in [2.24, 2.45) is 4.99 Å². The highest BCUT2D eigenvalue weighted by molar-refractivity contribution is 6.02. The van der Waals surface area contributed by atoms with Gasteiger partial charge in [0, 0.05) is 18.8 Å². The van der Waals surface area contributed by atoms with E-state index in [0.29, 0.717) is 44.5 Å². The van der Waals surface area contributed by atoms with E-state index in [-0.39, 0.29) is 6.03 Å². The minimum atomic E-state index is -0.335. The van der Waals surface area contributed by atoms with Crippen molar-refractivity contribution in [1.29, 1.82) is 0 Å². The van der Waals surface area contributed by atoms with E-state index in [1.807, 2.05) is 35.2 Å². The summed E-state index contributed by atoms with van der Waals surface area (Å²) in [5.74, 6) is 1.28. The number of anilines is 1. The molecule has 0 bridgehead atoms. The number of hydrogen-bond acceptors (Lipinski definition) is 4. The molecule has 0 saturated carbocycles. The van der Waals surface area contributed by atoms with E-state index >= 15 is 0 Å². The molecule has 0 unspecified atom stereocenters. The molecule has 3 rings (SSSR count). The quantitative estimate of drug-likeness (QED) is 0.643. The zero-order valence-electron chi connectivity index (χ0n) is 15.4. The van der Waals surface area contributed by atoms with Crippen LogP contribution < -0.4 is 15.4 Å². The van der Waals surface area contributed by atoms with Gasteiger partial charge in [0.25, 0.3) is 0 Å². The molecule has 7 nitrogen and oxygen atoms in total. The number of methoxy groups -OCH3 is 1. The number of carbonyl (C=O) groups is 1. The number of nitrogens with one attached hydrogen (secondary N) is 2. The Balaban J connectivity index is 1.66. The zero-order chi connectivity index (χ0) is 18.9. The van der Waals surface area contributed by atoms with Gasteiger partial charge in [-0.15, -0.1) is 0 Å². The van der Waals surface area contributed by atoms with Crippen molar-refractivity contribution in [2.45, 2.75) is 6.54 Å². The SMILES string of the molecule is COc1ccc(NC(=O)NC(=NCc2ccccc2)N2CCOCC2)cc1. The number of urea groups is 1. The molecule has 0 spiro atoms. The number of hydrogen-bond donors (Lipinski definition) is 2. The van der Waals surface area contributed by atoms with Gasteiger partial charge in [-0.05, 0) is 29.8 Å². The third-order valence-corrected chi connectivity index (χ3v) is 4.14. The molecule has 0 radical (unpaired) electrons. The number of nitrogens with zero attached hydrogens (tertiary/aromatic N) is 2. The van der Waals surface area contributed by atoms with Crippen molar-refractivity contribution < 1.29 is 14.3 Å². The monoisotopic (exact) mass is 368 g/mol. The van der Waals surface area contributed by atoms with Gasteiger partial charge in [-0.3, -0.25) is 5.32 Å². The van der Waals surface area contributed by atoms with Crippen molar-refractivity contribution in [3.8, 4) is 5.75 Å². The van der Waals surface area contributed by atoms with Crippen LogP contribution in [-0.2, 0) is 11.3 Å². The first-order chi connectivity index (χ1) is 13.2. The number of aliphatic imine (C=N–C) groups is 1. The Labute approximate surface area is 159 Å². The van der Waals surface area contributed by atoms with Gasteiger partial charge in [-0.25, -0.2) is 9.79 Å². The number of morpholine rings is 1. The maximum atomic E-state index is 12.4. The van der Waals surface area contributed by atoms with Crippen LogP contribution in [0.4, 0.5) is 10.5 Å². The highest BCUT2D eigenvalue weighted by Crippen LogP contribution is 2.14. The second-order valence-corrected chi connectivity index (χ2v) is 6.03. The fourth-order valence-electron chi connectivity index (χ4n) is 2.68. The highest BCUT2D eigenvalue weighted by atomic mass is 16.5. The lowest BCUT2D eigenvalue weighted by atomic mass is 10.2. The molecule has 1 aliphatic rings. The second kappa shape index (κ2) is 9.59. The molecule has 27 heavy (non-hydrogen) atoms. The molecule has 2 aromatic rings. The number of ether oxygens (including phenoxy) is 2. The standard InChI is InChI=1S/C20H24N4O3/c1-26-18-9-7-17(8-10-18)22-20(25)23-19(24-11-13-27-14-12-24)21-15-16-5-3-2-4-6-16/h2-10H,11-15H2,1H3,(H2,21,22,23,25). The lowest BCUT2D eigenvalue weighted by molar-refractivity contribution is 0.0667. The van der Waals surface area contributed by atoms with Crippen molar-refractivity contribution >= 4 is 17.7 Å². The summed E-state index contributed by atoms with van der Waals surface area (Å²) in [6.45, 7) is 3.11. The normalized spacial score (nSPS) is 14.6. The Morgan fingerprint density at radius 1 is 1.11 bits per heavy atom. The molecule has 1 aliphatic heterocycles. The summed E-state index contributed by atoms with van der Waals surface area (Å²) in [5, 5.41) is 5.69. The van der Waals surface area contributed by atoms with Crippen molar-refractivity contribution in [3.05, 3.63) is 60.2 Å². The van der Waals surface area contributed by atoms with Crippen LogP contribution in [-0.4, -0.2) is 50.3 Å². The van der Waals surface area contributed by atoms with Gasteiger partial charge in [0.05, 0.1) is 26.9 Å². The Morgan fingerprint density at radius 3 is 2.48 bits per heavy atom. The first-order valence-corrected chi connectivity index (χ1v) is 8.88. The van der Waals surface area contributed by atoms with Crippen LogP contribution in [0.25, 0.3) is 0 Å². The fraction of sp³-hybridized carbons (Fsp3) is 0.300. The van der Waals surface area contributed by atoms with Crippen molar-refractivity contribution in [3.63, 3.8) is 0 Å². The summed E-state index contributed by atoms with van der Waals surface area (Å²) in [4.78, 5) is 19.1. The van der Waals surface area contributed by atoms with Gasteiger partial charge >= 0.3 is 6.03 Å². The first-order valence-electron chi connectivity index (χ1n) is 8.88. The molecular formula is C20H24N4O3. The topological polar surface area (TPSA) is 75.2 Å². The van der Waals surface area contributed by atoms with Crippen LogP contribution in [0.5, 0.6) is 5.75 Å². The molecule has 0 aliphatic carbocycles. The Bertz CT molecular complexity index is 757. The summed E-state index contributed by atoms with van der Waals surface area (Å²) >= 11 is 0. The van der Waals surface area contributed by atoms with E-state index in [0.717, 1.165) is 11.3 Å². The molecule has 2 N–H and O–H groups in total. The van der Waals surface area contributed by atoms with Crippen LogP contribution in [0.3, 0.4) is 0 Å². The van der Waals surface area contributed by atoms with Gasteiger partial charge in [0.15, 0.2) is 0 Å². The maximum Gasteiger partial charge on any atom is 0.325 e. The van der Waals surface area contributed by atoms with Gasteiger partial charge in [-0.1, -0.05) is 30.3 Å². The number of carbonyl (C=O) groups excluding carboxylic acids is 1. The third kappa shape index (κ3) is 5.72. The van der Waals surface area contributed by atoms with Crippen LogP contribution in [0.1, 0.15) is 5.56 Å². The van der Waals surface area contributed by atoms with Crippen molar-refractivity contribution in [1.82, 2.24) is 10.2 Å². The molecule has 2 amide bonds. The number of amides is 2. The Kier molecular flexibility index (Phi) is 6.65. The molecule has 0 aromatic heterocycles. The third-order valence-electron chi connectivity index (χ3n) is 4.14. The van der Waals surface area contributed by atoms with E-state index in [1.165, 1.54) is 0 Å². The van der Waals surface area contributed by atoms with Crippen LogP contribution in [0, 0.1) is 0 Å². The predicted molar refractivity (Wildman–Crippen MR) is 105 cm³/mol. The van der Waals surface area contributed by atoms with Gasteiger partial charge in [0.1, 0.15) is 5.75 Å². The Morgan fingerprint density at radius 2 is 1.81 bits per heavy atom. The Hall–Kier alpha value is -3.06. The number of guanidine groups is 1. The van der Waals surface area contributed by atoms with E-state index < -0.39 is 0 Å². The smallest absolute Gasteiger partial charge is 0.325 e. The first kappa shape index (κ1) is 18.7. The maximum absolute atomic E-state index is 12.4. The molecular weight excluding hydrogens is 344 g/mol. The number of benzene rings is 2. The summed E-state index contributed by atoms with van der Waals surface area (Å²) < 4.78 is 10.5. The minimum Gasteiger partial charge on any atom is -0.497 e. The molecule has 1 saturated heterocycles. The summed E-state index contributed by atoms with van der Waals surface area (Å²) in [6.07, 6.45) is 0. The van der Waals surface area contributed by atoms with Gasteiger partial charge < -0.3 is 19.7 Å². The van der Waals surface area contributed by atoms with E-state index in [1.54, 1.807) is 31.4 Å². The largest absolute Gasteiger partial charge is 0.497 e. The zero-order valence-corrected chi connectivity index (χ0v) is 15.4. The van der Waals surface area contributed by atoms with Crippen LogP contribution in [0.15, 0.2) is 59.6 Å². The van der Waals surface area contributed by atoms with Crippen LogP contribution >= 0.6 is 0 Å². The highest BCUT2D eigenvalue weighted by Gasteiger charge is 2.17. The summed E-state index contributed by atoms with van der Waals surface area (Å²) in [5.41, 5.74) is 1.76. The summed E-state index contributed by atoms with van der Waals surface area (Å²) in [6, 6.07) is 16.8. The average molecular weight is 368 g/mol. The minimum absolute atomic E-state index is 0.335. The van der Waals surface area contributed by atoms with E-state index in [9.17, 15) is 4.79 Å². The fourth-order valence-corrected chi connectivity index (χ4v) is 2.68.